The summed E-state index contributed by atoms with van der Waals surface area (Å²) in [6, 6.07) is 0. The van der Waals surface area contributed by atoms with Crippen LogP contribution in [-0.2, 0) is 25.9 Å². The molecule has 0 aliphatic rings. The molecule has 0 heterocycles. The van der Waals surface area contributed by atoms with Gasteiger partial charge in [0.15, 0.2) is 0 Å². The molecule has 0 aliphatic heterocycles. The average Bonchev–Trinajstić information content (AvgIpc) is 1.36. The van der Waals surface area contributed by atoms with Crippen LogP contribution in [0.25, 0.3) is 0 Å². The van der Waals surface area contributed by atoms with Crippen LogP contribution in [0.2, 0.25) is 0 Å². The van der Waals surface area contributed by atoms with Crippen molar-refractivity contribution in [2.75, 3.05) is 0 Å². The Hall–Kier alpha value is 0.0783. The maximum atomic E-state index is 9.34. The molecule has 8 heavy (non-hydrogen) atoms. The zero-order chi connectivity index (χ0) is 5.15. The largest absolute Gasteiger partial charge is 2.00 e. The van der Waals surface area contributed by atoms with E-state index in [2.05, 4.69) is 0 Å². The van der Waals surface area contributed by atoms with Crippen molar-refractivity contribution in [3.63, 3.8) is 0 Å². The number of carboxylic acid groups (broad SMARTS) is 1. The molecule has 0 bridgehead atoms. The van der Waals surface area contributed by atoms with Gasteiger partial charge in [-0.05, 0) is 6.92 Å². The number of carbonyl (C=O) groups excluding carboxylic acids is 1. The van der Waals surface area contributed by atoms with Crippen molar-refractivity contribution in [1.29, 1.82) is 0 Å². The second-order valence-electron chi connectivity index (χ2n) is 0.995. The van der Waals surface area contributed by atoms with E-state index in [9.17, 15) is 9.90 Å². The molecule has 4 N–H and O–H groups in total. The van der Waals surface area contributed by atoms with E-state index in [0.29, 0.717) is 0 Å². The van der Waals surface area contributed by atoms with E-state index in [4.69, 9.17) is 5.11 Å². The Labute approximate surface area is 61.7 Å². The molecule has 0 saturated carbocycles. The minimum Gasteiger partial charge on any atom is -0.547 e. The van der Waals surface area contributed by atoms with Gasteiger partial charge in [0.2, 0.25) is 0 Å². The summed E-state index contributed by atoms with van der Waals surface area (Å²) in [4.78, 5) is 9.34. The fraction of sp³-hybridized carbons (Fsp3) is 0.667. The van der Waals surface area contributed by atoms with Gasteiger partial charge in [-0.25, -0.2) is 0 Å². The molecule has 0 rings (SSSR count). The number of carboxylic acids is 1. The van der Waals surface area contributed by atoms with Crippen LogP contribution < -0.4 is 11.3 Å². The van der Waals surface area contributed by atoms with Crippen LogP contribution in [0.4, 0.5) is 0 Å². The summed E-state index contributed by atoms with van der Waals surface area (Å²) in [6.45, 7) is 1.13. The molecule has 0 spiro atoms. The van der Waals surface area contributed by atoms with E-state index >= 15 is 0 Å². The van der Waals surface area contributed by atoms with Gasteiger partial charge < -0.3 is 21.2 Å². The van der Waals surface area contributed by atoms with Crippen LogP contribution in [0.1, 0.15) is 6.92 Å². The summed E-state index contributed by atoms with van der Waals surface area (Å²) in [6.07, 6.45) is -1.34. The summed E-state index contributed by atoms with van der Waals surface area (Å²) in [7, 11) is 0. The van der Waals surface area contributed by atoms with E-state index < -0.39 is 12.1 Å². The van der Waals surface area contributed by atoms with Crippen molar-refractivity contribution in [1.82, 2.24) is 6.15 Å². The third-order valence-corrected chi connectivity index (χ3v) is 0.341. The maximum Gasteiger partial charge on any atom is 2.00 e. The Balaban J connectivity index is -0.000000125. The van der Waals surface area contributed by atoms with Crippen molar-refractivity contribution in [3.8, 4) is 0 Å². The molecule has 0 fully saturated rings. The predicted molar refractivity (Wildman–Crippen MR) is 21.7 cm³/mol. The number of hydrogen-bond donors (Lipinski definition) is 2. The Morgan fingerprint density at radius 3 is 1.88 bits per heavy atom. The molecule has 52 valence electrons. The molecular weight excluding hydrogens is 293 g/mol. The standard InChI is InChI=1S/C3H6O3.H3N.Pt/c1-2(4)3(5)6;;/h2,4H,1H3,(H,5,6);1H3;/q;;+2/p-1. The van der Waals surface area contributed by atoms with Gasteiger partial charge in [0.1, 0.15) is 0 Å². The number of aliphatic carboxylic acids is 1. The zero-order valence-electron chi connectivity index (χ0n) is 4.36. The van der Waals surface area contributed by atoms with Crippen molar-refractivity contribution in [2.24, 2.45) is 0 Å². The summed E-state index contributed by atoms with van der Waals surface area (Å²) in [5, 5.41) is 17.3. The third-order valence-electron chi connectivity index (χ3n) is 0.341. The molecular formula is C3H8NO3Pt+. The van der Waals surface area contributed by atoms with Gasteiger partial charge in [0.05, 0.1) is 12.1 Å². The molecule has 5 heteroatoms. The van der Waals surface area contributed by atoms with Crippen LogP contribution >= 0.6 is 0 Å². The average molecular weight is 301 g/mol. The summed E-state index contributed by atoms with van der Waals surface area (Å²) in [5.41, 5.74) is 0. The van der Waals surface area contributed by atoms with Gasteiger partial charge in [0, 0.05) is 0 Å². The Morgan fingerprint density at radius 1 is 1.75 bits per heavy atom. The fourth-order valence-corrected chi connectivity index (χ4v) is 0. The quantitative estimate of drug-likeness (QED) is 0.602. The van der Waals surface area contributed by atoms with Crippen LogP contribution in [0.3, 0.4) is 0 Å². The third kappa shape index (κ3) is 9.42. The van der Waals surface area contributed by atoms with E-state index in [1.807, 2.05) is 0 Å². The van der Waals surface area contributed by atoms with Crippen LogP contribution in [0.15, 0.2) is 0 Å². The Bertz CT molecular complexity index is 65.5. The Kier molecular flexibility index (Phi) is 13.9. The van der Waals surface area contributed by atoms with E-state index in [1.54, 1.807) is 0 Å². The summed E-state index contributed by atoms with van der Waals surface area (Å²) >= 11 is 0. The number of rotatable bonds is 1. The number of hydrogen-bond acceptors (Lipinski definition) is 4. The summed E-state index contributed by atoms with van der Waals surface area (Å²) < 4.78 is 0. The first-order valence-corrected chi connectivity index (χ1v) is 1.53. The van der Waals surface area contributed by atoms with Crippen molar-refractivity contribution in [2.45, 2.75) is 13.0 Å². The smallest absolute Gasteiger partial charge is 0.547 e. The SMILES string of the molecule is CC(O)C(=O)[O-].N.[Pt+2]. The Morgan fingerprint density at radius 2 is 1.88 bits per heavy atom. The van der Waals surface area contributed by atoms with Gasteiger partial charge in [-0.1, -0.05) is 0 Å². The van der Waals surface area contributed by atoms with Crippen molar-refractivity contribution >= 4 is 5.97 Å². The second-order valence-corrected chi connectivity index (χ2v) is 0.995. The topological polar surface area (TPSA) is 95.4 Å². The molecule has 0 aromatic carbocycles. The normalized spacial score (nSPS) is 10.2. The summed E-state index contributed by atoms with van der Waals surface area (Å²) in [5.74, 6) is -1.44. The molecule has 0 aliphatic carbocycles. The van der Waals surface area contributed by atoms with E-state index in [0.717, 1.165) is 6.92 Å². The van der Waals surface area contributed by atoms with Crippen molar-refractivity contribution < 1.29 is 36.1 Å². The fourth-order valence-electron chi connectivity index (χ4n) is 0. The zero-order valence-corrected chi connectivity index (χ0v) is 6.64. The number of aliphatic hydroxyl groups excluding tert-OH is 1. The maximum absolute atomic E-state index is 9.34. The molecule has 1 atom stereocenters. The molecule has 0 amide bonds. The molecule has 0 radical (unpaired) electrons. The van der Waals surface area contributed by atoms with E-state index in [1.165, 1.54) is 0 Å². The first kappa shape index (κ1) is 15.7. The first-order valence-electron chi connectivity index (χ1n) is 1.53. The van der Waals surface area contributed by atoms with Gasteiger partial charge in [-0.15, -0.1) is 0 Å². The van der Waals surface area contributed by atoms with Gasteiger partial charge >= 0.3 is 21.1 Å². The van der Waals surface area contributed by atoms with Crippen LogP contribution in [0, 0.1) is 0 Å². The van der Waals surface area contributed by atoms with E-state index in [-0.39, 0.29) is 27.2 Å². The predicted octanol–water partition coefficient (Wildman–Crippen LogP) is -1.72. The number of carbonyl (C=O) groups is 1. The van der Waals surface area contributed by atoms with Gasteiger partial charge in [0.25, 0.3) is 0 Å². The van der Waals surface area contributed by atoms with Crippen LogP contribution in [-0.4, -0.2) is 17.2 Å². The van der Waals surface area contributed by atoms with Crippen molar-refractivity contribution in [3.05, 3.63) is 0 Å². The van der Waals surface area contributed by atoms with Gasteiger partial charge in [-0.2, -0.15) is 0 Å². The minimum atomic E-state index is -1.44. The molecule has 4 nitrogen and oxygen atoms in total. The second kappa shape index (κ2) is 7.08. The molecule has 0 saturated heterocycles. The minimum absolute atomic E-state index is 0. The monoisotopic (exact) mass is 301 g/mol. The van der Waals surface area contributed by atoms with Gasteiger partial charge in [-0.3, -0.25) is 0 Å². The van der Waals surface area contributed by atoms with Crippen LogP contribution in [0.5, 0.6) is 0 Å². The molecule has 0 aromatic rings. The molecule has 0 aromatic heterocycles. The molecule has 1 unspecified atom stereocenters. The first-order chi connectivity index (χ1) is 2.64. The number of aliphatic hydroxyl groups is 1.